The van der Waals surface area contributed by atoms with Gasteiger partial charge in [-0.05, 0) is 74.5 Å². The van der Waals surface area contributed by atoms with E-state index in [1.165, 1.54) is 0 Å². The molecule has 0 spiro atoms. The first-order valence-corrected chi connectivity index (χ1v) is 12.5. The van der Waals surface area contributed by atoms with E-state index in [0.717, 1.165) is 10.2 Å². The quantitative estimate of drug-likeness (QED) is 0.413. The molecule has 1 aliphatic rings. The molecule has 1 N–H and O–H groups in total. The average Bonchev–Trinajstić information content (AvgIpc) is 2.86. The van der Waals surface area contributed by atoms with Gasteiger partial charge in [-0.25, -0.2) is 0 Å². The minimum absolute atomic E-state index is 0.00487. The molecule has 8 heteroatoms. The van der Waals surface area contributed by atoms with Gasteiger partial charge in [-0.2, -0.15) is 0 Å². The van der Waals surface area contributed by atoms with Gasteiger partial charge in [-0.3, -0.25) is 9.59 Å². The normalized spacial score (nSPS) is 13.9. The number of nitrogens with zero attached hydrogens (tertiary/aromatic N) is 2. The molecule has 4 rings (SSSR count). The summed E-state index contributed by atoms with van der Waals surface area (Å²) in [5, 5.41) is 3.64. The lowest BCUT2D eigenvalue weighted by Gasteiger charge is -2.37. The zero-order valence-electron chi connectivity index (χ0n) is 19.6. The summed E-state index contributed by atoms with van der Waals surface area (Å²) in [6, 6.07) is 22.0. The van der Waals surface area contributed by atoms with Crippen LogP contribution in [0, 0.1) is 0 Å². The molecule has 0 saturated carbocycles. The predicted octanol–water partition coefficient (Wildman–Crippen LogP) is 5.86. The summed E-state index contributed by atoms with van der Waals surface area (Å²) in [5.41, 5.74) is 1.18. The van der Waals surface area contributed by atoms with E-state index in [1.54, 1.807) is 38.1 Å². The van der Waals surface area contributed by atoms with Gasteiger partial charge < -0.3 is 19.9 Å². The molecule has 3 aromatic rings. The Morgan fingerprint density at radius 3 is 2.20 bits per heavy atom. The SMILES string of the molecule is CC(C)(Oc1ccc(Br)cc1)C(=O)Nc1ccccc1N1CCN(C(=O)c2ccc(Cl)cc2)CC1. The Bertz CT molecular complexity index is 1190. The summed E-state index contributed by atoms with van der Waals surface area (Å²) in [7, 11) is 0. The molecule has 2 amide bonds. The zero-order valence-corrected chi connectivity index (χ0v) is 22.0. The second-order valence-electron chi connectivity index (χ2n) is 8.82. The van der Waals surface area contributed by atoms with Crippen LogP contribution in [0.4, 0.5) is 11.4 Å². The van der Waals surface area contributed by atoms with Crippen LogP contribution >= 0.6 is 27.5 Å². The Kier molecular flexibility index (Phi) is 7.67. The number of anilines is 2. The number of para-hydroxylation sites is 2. The van der Waals surface area contributed by atoms with Gasteiger partial charge in [0.1, 0.15) is 5.75 Å². The van der Waals surface area contributed by atoms with E-state index in [2.05, 4.69) is 26.1 Å². The Balaban J connectivity index is 1.41. The number of piperazine rings is 1. The fourth-order valence-electron chi connectivity index (χ4n) is 3.90. The summed E-state index contributed by atoms with van der Waals surface area (Å²) in [6.45, 7) is 5.97. The molecule has 0 unspecified atom stereocenters. The van der Waals surface area contributed by atoms with Crippen molar-refractivity contribution < 1.29 is 14.3 Å². The Morgan fingerprint density at radius 2 is 1.54 bits per heavy atom. The van der Waals surface area contributed by atoms with Crippen LogP contribution in [0.3, 0.4) is 0 Å². The van der Waals surface area contributed by atoms with E-state index in [9.17, 15) is 9.59 Å². The molecule has 0 aromatic heterocycles. The molecule has 1 fully saturated rings. The number of amides is 2. The highest BCUT2D eigenvalue weighted by Crippen LogP contribution is 2.29. The fourth-order valence-corrected chi connectivity index (χ4v) is 4.29. The van der Waals surface area contributed by atoms with Gasteiger partial charge in [0, 0.05) is 41.2 Å². The fraction of sp³-hybridized carbons (Fsp3) is 0.259. The summed E-state index contributed by atoms with van der Waals surface area (Å²) < 4.78 is 6.91. The Hall–Kier alpha value is -3.03. The van der Waals surface area contributed by atoms with Crippen molar-refractivity contribution in [3.05, 3.63) is 87.9 Å². The van der Waals surface area contributed by atoms with Gasteiger partial charge in [-0.15, -0.1) is 0 Å². The van der Waals surface area contributed by atoms with Gasteiger partial charge >= 0.3 is 0 Å². The Morgan fingerprint density at radius 1 is 0.914 bits per heavy atom. The first kappa shape index (κ1) is 25.1. The number of ether oxygens (including phenoxy) is 1. The van der Waals surface area contributed by atoms with Crippen LogP contribution < -0.4 is 15.0 Å². The van der Waals surface area contributed by atoms with E-state index < -0.39 is 5.60 Å². The highest BCUT2D eigenvalue weighted by atomic mass is 79.9. The van der Waals surface area contributed by atoms with Gasteiger partial charge in [0.25, 0.3) is 11.8 Å². The van der Waals surface area contributed by atoms with Gasteiger partial charge in [0.2, 0.25) is 0 Å². The van der Waals surface area contributed by atoms with Crippen molar-refractivity contribution in [2.75, 3.05) is 36.4 Å². The summed E-state index contributed by atoms with van der Waals surface area (Å²) in [4.78, 5) is 30.0. The monoisotopic (exact) mass is 555 g/mol. The van der Waals surface area contributed by atoms with Crippen molar-refractivity contribution in [3.63, 3.8) is 0 Å². The van der Waals surface area contributed by atoms with Crippen LogP contribution in [0.1, 0.15) is 24.2 Å². The van der Waals surface area contributed by atoms with Gasteiger partial charge in [-0.1, -0.05) is 39.7 Å². The topological polar surface area (TPSA) is 61.9 Å². The second kappa shape index (κ2) is 10.7. The lowest BCUT2D eigenvalue weighted by molar-refractivity contribution is -0.128. The third-order valence-electron chi connectivity index (χ3n) is 5.88. The number of rotatable bonds is 6. The first-order valence-electron chi connectivity index (χ1n) is 11.4. The first-order chi connectivity index (χ1) is 16.7. The largest absolute Gasteiger partial charge is 0.478 e. The summed E-state index contributed by atoms with van der Waals surface area (Å²) >= 11 is 9.35. The molecular weight excluding hydrogens is 530 g/mol. The second-order valence-corrected chi connectivity index (χ2v) is 10.2. The minimum atomic E-state index is -1.08. The number of carbonyl (C=O) groups is 2. The molecule has 0 aliphatic carbocycles. The maximum atomic E-state index is 13.1. The molecule has 182 valence electrons. The number of nitrogens with one attached hydrogen (secondary N) is 1. The zero-order chi connectivity index (χ0) is 25.0. The van der Waals surface area contributed by atoms with Crippen LogP contribution in [0.25, 0.3) is 0 Å². The maximum absolute atomic E-state index is 13.1. The van der Waals surface area contributed by atoms with Crippen molar-refractivity contribution in [2.45, 2.75) is 19.4 Å². The van der Waals surface area contributed by atoms with E-state index in [-0.39, 0.29) is 11.8 Å². The third kappa shape index (κ3) is 6.16. The van der Waals surface area contributed by atoms with E-state index >= 15 is 0 Å². The molecule has 0 atom stereocenters. The highest BCUT2D eigenvalue weighted by Gasteiger charge is 2.31. The third-order valence-corrected chi connectivity index (χ3v) is 6.67. The van der Waals surface area contributed by atoms with E-state index in [1.807, 2.05) is 53.4 Å². The van der Waals surface area contributed by atoms with E-state index in [4.69, 9.17) is 16.3 Å². The molecule has 1 saturated heterocycles. The maximum Gasteiger partial charge on any atom is 0.268 e. The number of hydrogen-bond donors (Lipinski definition) is 1. The standard InChI is InChI=1S/C27H27BrClN3O3/c1-27(2,35-22-13-9-20(28)10-14-22)26(34)30-23-5-3-4-6-24(23)31-15-17-32(18-16-31)25(33)19-7-11-21(29)12-8-19/h3-14H,15-18H2,1-2H3,(H,30,34). The Labute approximate surface area is 219 Å². The molecule has 1 heterocycles. The van der Waals surface area contributed by atoms with E-state index in [0.29, 0.717) is 48.2 Å². The molecule has 0 radical (unpaired) electrons. The van der Waals surface area contributed by atoms with Crippen molar-refractivity contribution in [2.24, 2.45) is 0 Å². The summed E-state index contributed by atoms with van der Waals surface area (Å²) in [5.74, 6) is 0.363. The molecule has 3 aromatic carbocycles. The summed E-state index contributed by atoms with van der Waals surface area (Å²) in [6.07, 6.45) is 0. The number of benzene rings is 3. The molecule has 1 aliphatic heterocycles. The molecule has 0 bridgehead atoms. The van der Waals surface area contributed by atoms with Crippen LogP contribution in [0.15, 0.2) is 77.3 Å². The van der Waals surface area contributed by atoms with Crippen LogP contribution in [-0.2, 0) is 4.79 Å². The van der Waals surface area contributed by atoms with Crippen molar-refractivity contribution in [1.29, 1.82) is 0 Å². The lowest BCUT2D eigenvalue weighted by atomic mass is 10.1. The van der Waals surface area contributed by atoms with Crippen LogP contribution in [0.2, 0.25) is 5.02 Å². The van der Waals surface area contributed by atoms with Crippen molar-refractivity contribution in [3.8, 4) is 5.75 Å². The molecule has 35 heavy (non-hydrogen) atoms. The van der Waals surface area contributed by atoms with Crippen LogP contribution in [0.5, 0.6) is 5.75 Å². The lowest BCUT2D eigenvalue weighted by Crippen LogP contribution is -2.49. The number of hydrogen-bond acceptors (Lipinski definition) is 4. The minimum Gasteiger partial charge on any atom is -0.478 e. The predicted molar refractivity (Wildman–Crippen MR) is 143 cm³/mol. The average molecular weight is 557 g/mol. The van der Waals surface area contributed by atoms with Crippen molar-refractivity contribution >= 4 is 50.7 Å². The molecule has 6 nitrogen and oxygen atoms in total. The molecular formula is C27H27BrClN3O3. The van der Waals surface area contributed by atoms with Crippen molar-refractivity contribution in [1.82, 2.24) is 4.90 Å². The van der Waals surface area contributed by atoms with Gasteiger partial charge in [0.05, 0.1) is 11.4 Å². The number of carbonyl (C=O) groups excluding carboxylic acids is 2. The van der Waals surface area contributed by atoms with Crippen LogP contribution in [-0.4, -0.2) is 48.5 Å². The smallest absolute Gasteiger partial charge is 0.268 e. The van der Waals surface area contributed by atoms with Gasteiger partial charge in [0.15, 0.2) is 5.60 Å². The number of halogens is 2. The highest BCUT2D eigenvalue weighted by molar-refractivity contribution is 9.10.